The molecule has 2 amide bonds. The smallest absolute Gasteiger partial charge is 0.314 e. The van der Waals surface area contributed by atoms with Crippen LogP contribution in [-0.4, -0.2) is 26.6 Å². The standard InChI is InChI=1S/C20H19N5O2/c1-25-18(12-17(24-25)14-8-10-21-11-9-14)23-20(27)19(26)22-16-7-6-13-4-2-3-5-15(13)16/h2-5,8-12,16H,6-7H2,1H3,(H,22,26)(H,23,27). The summed E-state index contributed by atoms with van der Waals surface area (Å²) >= 11 is 0. The number of nitrogens with one attached hydrogen (secondary N) is 2. The second kappa shape index (κ2) is 7.03. The average Bonchev–Trinajstić information content (AvgIpc) is 3.26. The molecule has 7 nitrogen and oxygen atoms in total. The fourth-order valence-corrected chi connectivity index (χ4v) is 3.35. The molecule has 2 aromatic heterocycles. The van der Waals surface area contributed by atoms with Crippen LogP contribution in [0.4, 0.5) is 5.82 Å². The summed E-state index contributed by atoms with van der Waals surface area (Å²) in [6.07, 6.45) is 5.06. The van der Waals surface area contributed by atoms with Crippen LogP contribution in [-0.2, 0) is 23.1 Å². The van der Waals surface area contributed by atoms with Gasteiger partial charge in [0.1, 0.15) is 5.82 Å². The van der Waals surface area contributed by atoms with Gasteiger partial charge in [0.2, 0.25) is 0 Å². The van der Waals surface area contributed by atoms with E-state index in [4.69, 9.17) is 0 Å². The number of fused-ring (bicyclic) bond motifs is 1. The van der Waals surface area contributed by atoms with Crippen LogP contribution in [0, 0.1) is 0 Å². The number of hydrogen-bond acceptors (Lipinski definition) is 4. The molecule has 0 fully saturated rings. The SMILES string of the molecule is Cn1nc(-c2ccncc2)cc1NC(=O)C(=O)NC1CCc2ccccc21. The minimum atomic E-state index is -0.705. The molecule has 3 aromatic rings. The molecule has 4 rings (SSSR count). The van der Waals surface area contributed by atoms with E-state index in [1.165, 1.54) is 10.2 Å². The number of amides is 2. The third-order valence-electron chi connectivity index (χ3n) is 4.74. The van der Waals surface area contributed by atoms with Gasteiger partial charge in [-0.15, -0.1) is 0 Å². The Morgan fingerprint density at radius 3 is 2.70 bits per heavy atom. The number of nitrogens with zero attached hydrogens (tertiary/aromatic N) is 3. The van der Waals surface area contributed by atoms with Gasteiger partial charge in [-0.3, -0.25) is 19.3 Å². The first-order valence-corrected chi connectivity index (χ1v) is 8.76. The van der Waals surface area contributed by atoms with Gasteiger partial charge in [-0.05, 0) is 36.1 Å². The molecule has 1 unspecified atom stereocenters. The number of anilines is 1. The van der Waals surface area contributed by atoms with Gasteiger partial charge in [0, 0.05) is 31.1 Å². The van der Waals surface area contributed by atoms with Gasteiger partial charge in [-0.1, -0.05) is 24.3 Å². The lowest BCUT2D eigenvalue weighted by atomic mass is 10.1. The van der Waals surface area contributed by atoms with Crippen molar-refractivity contribution >= 4 is 17.6 Å². The Hall–Kier alpha value is -3.48. The number of hydrogen-bond donors (Lipinski definition) is 2. The van der Waals surface area contributed by atoms with Crippen molar-refractivity contribution in [1.29, 1.82) is 0 Å². The predicted molar refractivity (Wildman–Crippen MR) is 101 cm³/mol. The van der Waals surface area contributed by atoms with Crippen LogP contribution in [0.3, 0.4) is 0 Å². The van der Waals surface area contributed by atoms with Crippen molar-refractivity contribution in [2.24, 2.45) is 7.05 Å². The molecule has 1 aromatic carbocycles. The summed E-state index contributed by atoms with van der Waals surface area (Å²) in [7, 11) is 1.71. The lowest BCUT2D eigenvalue weighted by Gasteiger charge is -2.13. The van der Waals surface area contributed by atoms with Crippen LogP contribution in [0.25, 0.3) is 11.3 Å². The fraction of sp³-hybridized carbons (Fsp3) is 0.200. The summed E-state index contributed by atoms with van der Waals surface area (Å²) < 4.78 is 1.53. The monoisotopic (exact) mass is 361 g/mol. The van der Waals surface area contributed by atoms with E-state index in [1.807, 2.05) is 30.3 Å². The van der Waals surface area contributed by atoms with E-state index in [0.717, 1.165) is 24.0 Å². The van der Waals surface area contributed by atoms with Crippen LogP contribution in [0.15, 0.2) is 54.9 Å². The zero-order chi connectivity index (χ0) is 18.8. The zero-order valence-electron chi connectivity index (χ0n) is 14.8. The molecule has 27 heavy (non-hydrogen) atoms. The van der Waals surface area contributed by atoms with E-state index in [-0.39, 0.29) is 6.04 Å². The molecule has 0 saturated heterocycles. The Bertz CT molecular complexity index is 997. The highest BCUT2D eigenvalue weighted by Crippen LogP contribution is 2.30. The Morgan fingerprint density at radius 1 is 1.11 bits per heavy atom. The summed E-state index contributed by atoms with van der Waals surface area (Å²) in [6.45, 7) is 0. The minimum Gasteiger partial charge on any atom is -0.341 e. The first kappa shape index (κ1) is 17.0. The van der Waals surface area contributed by atoms with Gasteiger partial charge in [-0.2, -0.15) is 5.10 Å². The van der Waals surface area contributed by atoms with Gasteiger partial charge < -0.3 is 10.6 Å². The van der Waals surface area contributed by atoms with Gasteiger partial charge in [0.25, 0.3) is 0 Å². The third kappa shape index (κ3) is 3.44. The van der Waals surface area contributed by atoms with E-state index in [2.05, 4.69) is 26.8 Å². The highest BCUT2D eigenvalue weighted by atomic mass is 16.2. The number of aromatic nitrogens is 3. The Labute approximate surface area is 156 Å². The van der Waals surface area contributed by atoms with Crippen molar-refractivity contribution in [3.63, 3.8) is 0 Å². The van der Waals surface area contributed by atoms with E-state index < -0.39 is 11.8 Å². The first-order chi connectivity index (χ1) is 13.1. The molecule has 0 saturated carbocycles. The summed E-state index contributed by atoms with van der Waals surface area (Å²) in [5.74, 6) is -0.902. The normalized spacial score (nSPS) is 15.2. The van der Waals surface area contributed by atoms with Crippen molar-refractivity contribution in [3.05, 3.63) is 66.0 Å². The molecule has 1 aliphatic rings. The summed E-state index contributed by atoms with van der Waals surface area (Å²) in [6, 6.07) is 13.2. The molecule has 0 bridgehead atoms. The summed E-state index contributed by atoms with van der Waals surface area (Å²) in [5.41, 5.74) is 3.88. The van der Waals surface area contributed by atoms with Crippen molar-refractivity contribution in [2.45, 2.75) is 18.9 Å². The molecular formula is C20H19N5O2. The maximum atomic E-state index is 12.3. The number of pyridine rings is 1. The molecular weight excluding hydrogens is 342 g/mol. The van der Waals surface area contributed by atoms with Gasteiger partial charge in [-0.25, -0.2) is 0 Å². The summed E-state index contributed by atoms with van der Waals surface area (Å²) in [4.78, 5) is 28.7. The van der Waals surface area contributed by atoms with Gasteiger partial charge in [0.05, 0.1) is 11.7 Å². The molecule has 2 heterocycles. The van der Waals surface area contributed by atoms with Crippen LogP contribution in [0.2, 0.25) is 0 Å². The lowest BCUT2D eigenvalue weighted by Crippen LogP contribution is -2.37. The van der Waals surface area contributed by atoms with Crippen LogP contribution < -0.4 is 10.6 Å². The van der Waals surface area contributed by atoms with Crippen molar-refractivity contribution < 1.29 is 9.59 Å². The van der Waals surface area contributed by atoms with Crippen molar-refractivity contribution in [2.75, 3.05) is 5.32 Å². The largest absolute Gasteiger partial charge is 0.341 e. The first-order valence-electron chi connectivity index (χ1n) is 8.76. The second-order valence-electron chi connectivity index (χ2n) is 6.49. The number of aryl methyl sites for hydroxylation is 2. The molecule has 1 aliphatic carbocycles. The van der Waals surface area contributed by atoms with E-state index >= 15 is 0 Å². The maximum Gasteiger partial charge on any atom is 0.314 e. The van der Waals surface area contributed by atoms with Gasteiger partial charge >= 0.3 is 11.8 Å². The summed E-state index contributed by atoms with van der Waals surface area (Å²) in [5, 5.41) is 9.82. The van der Waals surface area contributed by atoms with Crippen molar-refractivity contribution in [3.8, 4) is 11.3 Å². The molecule has 0 spiro atoms. The lowest BCUT2D eigenvalue weighted by molar-refractivity contribution is -0.136. The molecule has 136 valence electrons. The molecule has 7 heteroatoms. The quantitative estimate of drug-likeness (QED) is 0.700. The molecule has 0 aliphatic heterocycles. The third-order valence-corrected chi connectivity index (χ3v) is 4.74. The van der Waals surface area contributed by atoms with E-state index in [0.29, 0.717) is 11.5 Å². The van der Waals surface area contributed by atoms with Crippen LogP contribution in [0.1, 0.15) is 23.6 Å². The van der Waals surface area contributed by atoms with E-state index in [9.17, 15) is 9.59 Å². The van der Waals surface area contributed by atoms with Gasteiger partial charge in [0.15, 0.2) is 0 Å². The fourth-order valence-electron chi connectivity index (χ4n) is 3.35. The number of carbonyl (C=O) groups is 2. The highest BCUT2D eigenvalue weighted by molar-refractivity contribution is 6.39. The minimum absolute atomic E-state index is 0.127. The Kier molecular flexibility index (Phi) is 4.42. The Morgan fingerprint density at radius 2 is 1.89 bits per heavy atom. The second-order valence-corrected chi connectivity index (χ2v) is 6.49. The number of benzene rings is 1. The van der Waals surface area contributed by atoms with Crippen LogP contribution in [0.5, 0.6) is 0 Å². The number of carbonyl (C=O) groups excluding carboxylic acids is 2. The maximum absolute atomic E-state index is 12.3. The predicted octanol–water partition coefficient (Wildman–Crippen LogP) is 2.22. The molecule has 2 N–H and O–H groups in total. The van der Waals surface area contributed by atoms with Crippen LogP contribution >= 0.6 is 0 Å². The topological polar surface area (TPSA) is 88.9 Å². The molecule has 1 atom stereocenters. The molecule has 0 radical (unpaired) electrons. The highest BCUT2D eigenvalue weighted by Gasteiger charge is 2.26. The van der Waals surface area contributed by atoms with E-state index in [1.54, 1.807) is 25.5 Å². The van der Waals surface area contributed by atoms with Crippen molar-refractivity contribution in [1.82, 2.24) is 20.1 Å². The zero-order valence-corrected chi connectivity index (χ0v) is 14.8. The Balaban J connectivity index is 1.44. The number of rotatable bonds is 3. The average molecular weight is 361 g/mol.